The first-order valence-electron chi connectivity index (χ1n) is 8.84. The molecule has 2 aliphatic heterocycles. The van der Waals surface area contributed by atoms with Crippen molar-refractivity contribution in [2.24, 2.45) is 0 Å². The molecule has 1 fully saturated rings. The van der Waals surface area contributed by atoms with Gasteiger partial charge >= 0.3 is 6.03 Å². The highest BCUT2D eigenvalue weighted by atomic mass is 16.2. The van der Waals surface area contributed by atoms with Gasteiger partial charge in [0.15, 0.2) is 5.54 Å². The third-order valence-corrected chi connectivity index (χ3v) is 5.73. The van der Waals surface area contributed by atoms with Crippen LogP contribution in [0.1, 0.15) is 23.7 Å². The summed E-state index contributed by atoms with van der Waals surface area (Å²) in [4.78, 5) is 33.0. The van der Waals surface area contributed by atoms with Crippen molar-refractivity contribution in [3.8, 4) is 0 Å². The molecule has 3 heterocycles. The summed E-state index contributed by atoms with van der Waals surface area (Å²) < 4.78 is 0. The number of carbonyl (C=O) groups is 2. The van der Waals surface area contributed by atoms with Gasteiger partial charge in [-0.2, -0.15) is 0 Å². The monoisotopic (exact) mass is 345 g/mol. The number of hydrogen-bond donors (Lipinski definition) is 1. The van der Waals surface area contributed by atoms with Gasteiger partial charge in [-0.05, 0) is 49.6 Å². The molecule has 2 aliphatic rings. The predicted molar refractivity (Wildman–Crippen MR) is 100 cm³/mol. The van der Waals surface area contributed by atoms with Crippen molar-refractivity contribution in [3.05, 3.63) is 65.4 Å². The lowest BCUT2D eigenvalue weighted by Gasteiger charge is -2.35. The van der Waals surface area contributed by atoms with E-state index in [1.54, 1.807) is 4.90 Å². The second-order valence-electron chi connectivity index (χ2n) is 7.26. The van der Waals surface area contributed by atoms with Gasteiger partial charge in [-0.3, -0.25) is 4.79 Å². The molecule has 2 aromatic carbocycles. The van der Waals surface area contributed by atoms with Gasteiger partial charge in [0, 0.05) is 17.4 Å². The number of hydrogen-bond acceptors (Lipinski definition) is 2. The van der Waals surface area contributed by atoms with Gasteiger partial charge in [-0.1, -0.05) is 30.3 Å². The van der Waals surface area contributed by atoms with Crippen molar-refractivity contribution in [3.63, 3.8) is 0 Å². The molecule has 130 valence electrons. The minimum absolute atomic E-state index is 0.194. The number of anilines is 1. The Balaban J connectivity index is 1.71. The quantitative estimate of drug-likeness (QED) is 0.684. The van der Waals surface area contributed by atoms with Gasteiger partial charge in [0.25, 0.3) is 5.91 Å². The van der Waals surface area contributed by atoms with Gasteiger partial charge in [-0.25, -0.2) is 9.69 Å². The Morgan fingerprint density at radius 3 is 2.69 bits per heavy atom. The SMILES string of the molecule is Cc1cccc(N2C(=O)N3CCc4c([nH]c5ccccc45)[C@@]3(C)C2=O)c1. The number of aromatic nitrogens is 1. The predicted octanol–water partition coefficient (Wildman–Crippen LogP) is 3.72. The molecular weight excluding hydrogens is 326 g/mol. The standard InChI is InChI=1S/C21H19N3O2/c1-13-6-5-7-14(12-13)24-19(25)21(2)18-16(10-11-23(21)20(24)26)15-8-3-4-9-17(15)22-18/h3-9,12,22H,10-11H2,1-2H3/t21-/m0/s1. The van der Waals surface area contributed by atoms with E-state index in [-0.39, 0.29) is 11.9 Å². The lowest BCUT2D eigenvalue weighted by atomic mass is 9.87. The Morgan fingerprint density at radius 2 is 1.88 bits per heavy atom. The highest BCUT2D eigenvalue weighted by Gasteiger charge is 2.58. The number of urea groups is 1. The molecule has 0 bridgehead atoms. The highest BCUT2D eigenvalue weighted by molar-refractivity contribution is 6.23. The van der Waals surface area contributed by atoms with Crippen molar-refractivity contribution >= 4 is 28.5 Å². The molecule has 1 saturated heterocycles. The number of para-hydroxylation sites is 1. The van der Waals surface area contributed by atoms with E-state index in [0.29, 0.717) is 12.2 Å². The molecule has 3 amide bonds. The zero-order chi connectivity index (χ0) is 18.1. The van der Waals surface area contributed by atoms with E-state index in [0.717, 1.165) is 34.1 Å². The molecular formula is C21H19N3O2. The Hall–Kier alpha value is -3.08. The number of fused-ring (bicyclic) bond motifs is 5. The summed E-state index contributed by atoms with van der Waals surface area (Å²) in [5.41, 5.74) is 3.66. The van der Waals surface area contributed by atoms with E-state index in [9.17, 15) is 9.59 Å². The smallest absolute Gasteiger partial charge is 0.332 e. The maximum absolute atomic E-state index is 13.5. The van der Waals surface area contributed by atoms with Crippen LogP contribution in [0.3, 0.4) is 0 Å². The van der Waals surface area contributed by atoms with Gasteiger partial charge in [0.1, 0.15) is 0 Å². The number of nitrogens with zero attached hydrogens (tertiary/aromatic N) is 2. The largest absolute Gasteiger partial charge is 0.356 e. The average Bonchev–Trinajstić information content (AvgIpc) is 3.10. The molecule has 0 radical (unpaired) electrons. The highest BCUT2D eigenvalue weighted by Crippen LogP contribution is 2.45. The third-order valence-electron chi connectivity index (χ3n) is 5.73. The molecule has 5 rings (SSSR count). The number of carbonyl (C=O) groups excluding carboxylic acids is 2. The van der Waals surface area contributed by atoms with E-state index in [4.69, 9.17) is 0 Å². The molecule has 5 heteroatoms. The molecule has 3 aromatic rings. The number of amides is 3. The summed E-state index contributed by atoms with van der Waals surface area (Å²) in [6.45, 7) is 4.36. The number of nitrogens with one attached hydrogen (secondary N) is 1. The molecule has 5 nitrogen and oxygen atoms in total. The maximum atomic E-state index is 13.5. The first-order valence-corrected chi connectivity index (χ1v) is 8.84. The first-order chi connectivity index (χ1) is 12.5. The number of imide groups is 1. The van der Waals surface area contributed by atoms with Crippen LogP contribution in [0.5, 0.6) is 0 Å². The lowest BCUT2D eigenvalue weighted by Crippen LogP contribution is -2.49. The molecule has 0 unspecified atom stereocenters. The van der Waals surface area contributed by atoms with Gasteiger partial charge in [-0.15, -0.1) is 0 Å². The Labute approximate surface area is 151 Å². The fraction of sp³-hybridized carbons (Fsp3) is 0.238. The van der Waals surface area contributed by atoms with Crippen molar-refractivity contribution in [1.82, 2.24) is 9.88 Å². The zero-order valence-corrected chi connectivity index (χ0v) is 14.7. The van der Waals surface area contributed by atoms with Crippen LogP contribution in [0.4, 0.5) is 10.5 Å². The normalized spacial score (nSPS) is 22.1. The van der Waals surface area contributed by atoms with Crippen LogP contribution in [0.25, 0.3) is 10.9 Å². The molecule has 1 N–H and O–H groups in total. The summed E-state index contributed by atoms with van der Waals surface area (Å²) >= 11 is 0. The first kappa shape index (κ1) is 15.2. The van der Waals surface area contributed by atoms with Crippen LogP contribution in [0, 0.1) is 6.92 Å². The fourth-order valence-electron chi connectivity index (χ4n) is 4.39. The molecule has 26 heavy (non-hydrogen) atoms. The minimum Gasteiger partial charge on any atom is -0.356 e. The Morgan fingerprint density at radius 1 is 1.08 bits per heavy atom. The van der Waals surface area contributed by atoms with Crippen molar-refractivity contribution in [2.75, 3.05) is 11.4 Å². The summed E-state index contributed by atoms with van der Waals surface area (Å²) in [6, 6.07) is 15.4. The number of rotatable bonds is 1. The van der Waals surface area contributed by atoms with Crippen molar-refractivity contribution in [2.45, 2.75) is 25.8 Å². The lowest BCUT2D eigenvalue weighted by molar-refractivity contribution is -0.125. The third kappa shape index (κ3) is 1.75. The molecule has 1 atom stereocenters. The summed E-state index contributed by atoms with van der Waals surface area (Å²) in [6.07, 6.45) is 0.746. The summed E-state index contributed by atoms with van der Waals surface area (Å²) in [5.74, 6) is -0.194. The molecule has 0 aliphatic carbocycles. The second-order valence-corrected chi connectivity index (χ2v) is 7.26. The number of H-pyrrole nitrogens is 1. The fourth-order valence-corrected chi connectivity index (χ4v) is 4.39. The Kier molecular flexibility index (Phi) is 2.91. The number of aromatic amines is 1. The number of benzene rings is 2. The van der Waals surface area contributed by atoms with Crippen LogP contribution in [-0.4, -0.2) is 28.4 Å². The topological polar surface area (TPSA) is 56.4 Å². The van der Waals surface area contributed by atoms with Crippen molar-refractivity contribution < 1.29 is 9.59 Å². The van der Waals surface area contributed by atoms with E-state index >= 15 is 0 Å². The minimum atomic E-state index is -0.993. The van der Waals surface area contributed by atoms with Crippen molar-refractivity contribution in [1.29, 1.82) is 0 Å². The van der Waals surface area contributed by atoms with Gasteiger partial charge < -0.3 is 9.88 Å². The van der Waals surface area contributed by atoms with E-state index < -0.39 is 5.54 Å². The average molecular weight is 345 g/mol. The van der Waals surface area contributed by atoms with Crippen LogP contribution in [-0.2, 0) is 16.8 Å². The molecule has 0 spiro atoms. The van der Waals surface area contributed by atoms with E-state index in [1.807, 2.05) is 56.3 Å². The summed E-state index contributed by atoms with van der Waals surface area (Å²) in [5, 5.41) is 1.14. The van der Waals surface area contributed by atoms with Gasteiger partial charge in [0.2, 0.25) is 0 Å². The van der Waals surface area contributed by atoms with Gasteiger partial charge in [0.05, 0.1) is 11.4 Å². The summed E-state index contributed by atoms with van der Waals surface area (Å²) in [7, 11) is 0. The van der Waals surface area contributed by atoms with Crippen LogP contribution >= 0.6 is 0 Å². The maximum Gasteiger partial charge on any atom is 0.332 e. The van der Waals surface area contributed by atoms with E-state index in [1.165, 1.54) is 4.90 Å². The van der Waals surface area contributed by atoms with Crippen LogP contribution in [0.15, 0.2) is 48.5 Å². The van der Waals surface area contributed by atoms with Crippen LogP contribution < -0.4 is 4.90 Å². The molecule has 0 saturated carbocycles. The van der Waals surface area contributed by atoms with Crippen LogP contribution in [0.2, 0.25) is 0 Å². The Bertz CT molecular complexity index is 1080. The second kappa shape index (κ2) is 4.97. The molecule has 1 aromatic heterocycles. The zero-order valence-electron chi connectivity index (χ0n) is 14.7. The van der Waals surface area contributed by atoms with E-state index in [2.05, 4.69) is 11.1 Å². The number of aryl methyl sites for hydroxylation is 1.